The van der Waals surface area contributed by atoms with Crippen molar-refractivity contribution in [2.75, 3.05) is 11.9 Å². The number of ether oxygens (including phenoxy) is 1. The molecule has 1 aromatic carbocycles. The molecular weight excluding hydrogens is 517 g/mol. The van der Waals surface area contributed by atoms with Gasteiger partial charge in [0.2, 0.25) is 0 Å². The molecule has 1 aliphatic rings. The SMILES string of the molecule is CC(C)(C)[Si](C)(C)O[C@@H]1C(CO)OC(n2cnc3c(NC(=O)c4ccccc4)ncnc32)[C@@H]1O[PH](=O)O. The van der Waals surface area contributed by atoms with Crippen LogP contribution in [0.1, 0.15) is 37.4 Å². The number of benzene rings is 1. The van der Waals surface area contributed by atoms with Crippen molar-refractivity contribution in [1.29, 1.82) is 0 Å². The van der Waals surface area contributed by atoms with Gasteiger partial charge in [-0.25, -0.2) is 15.0 Å². The molecule has 0 saturated carbocycles. The van der Waals surface area contributed by atoms with Crippen molar-refractivity contribution >= 4 is 39.5 Å². The second-order valence-electron chi connectivity index (χ2n) is 10.3. The van der Waals surface area contributed by atoms with Crippen molar-refractivity contribution < 1.29 is 33.0 Å². The highest BCUT2D eigenvalue weighted by molar-refractivity contribution is 7.32. The number of fused-ring (bicyclic) bond motifs is 1. The summed E-state index contributed by atoms with van der Waals surface area (Å²) >= 11 is 0. The summed E-state index contributed by atoms with van der Waals surface area (Å²) in [6.07, 6.45) is -0.942. The molecule has 2 aromatic heterocycles. The van der Waals surface area contributed by atoms with Crippen molar-refractivity contribution in [2.24, 2.45) is 0 Å². The molecule has 3 aromatic rings. The maximum absolute atomic E-state index is 12.7. The highest BCUT2D eigenvalue weighted by atomic mass is 31.1. The number of imidazole rings is 1. The number of nitrogens with one attached hydrogen (secondary N) is 1. The Hall–Kier alpha value is -2.51. The fourth-order valence-corrected chi connectivity index (χ4v) is 5.68. The summed E-state index contributed by atoms with van der Waals surface area (Å²) in [5.74, 6) is -0.174. The number of hydrogen-bond acceptors (Lipinski definition) is 9. The highest BCUT2D eigenvalue weighted by Gasteiger charge is 2.52. The molecule has 3 heterocycles. The van der Waals surface area contributed by atoms with E-state index in [0.717, 1.165) is 0 Å². The number of amides is 1. The zero-order valence-electron chi connectivity index (χ0n) is 21.3. The fourth-order valence-electron chi connectivity index (χ4n) is 3.88. The number of anilines is 1. The molecule has 0 aliphatic carbocycles. The minimum absolute atomic E-state index is 0.166. The van der Waals surface area contributed by atoms with Gasteiger partial charge in [-0.2, -0.15) is 0 Å². The van der Waals surface area contributed by atoms with Gasteiger partial charge in [0.05, 0.1) is 12.9 Å². The standard InChI is InChI=1S/C23H32N5O7PSi/c1-23(2,3)37(4,5)35-17-15(11-29)33-22(18(17)34-36(31)32)28-13-26-16-19(24-12-25-20(16)28)27-21(30)14-9-7-6-8-10-14/h6-10,12-13,15,17-18,22,29,36H,11H2,1-5H3,(H,31,32)(H,24,25,27,30)/t15?,17-,18-,22?/m1/s1. The monoisotopic (exact) mass is 549 g/mol. The van der Waals surface area contributed by atoms with Gasteiger partial charge in [-0.05, 0) is 30.3 Å². The molecule has 37 heavy (non-hydrogen) atoms. The molecule has 1 aliphatic heterocycles. The summed E-state index contributed by atoms with van der Waals surface area (Å²) in [6, 6.07) is 8.67. The van der Waals surface area contributed by atoms with Crippen LogP contribution in [0.5, 0.6) is 0 Å². The minimum Gasteiger partial charge on any atom is -0.408 e. The lowest BCUT2D eigenvalue weighted by atomic mass is 10.1. The third kappa shape index (κ3) is 5.67. The Morgan fingerprint density at radius 2 is 1.89 bits per heavy atom. The van der Waals surface area contributed by atoms with Crippen LogP contribution >= 0.6 is 8.25 Å². The Balaban J connectivity index is 1.69. The molecule has 12 nitrogen and oxygen atoms in total. The van der Waals surface area contributed by atoms with Gasteiger partial charge < -0.3 is 24.5 Å². The van der Waals surface area contributed by atoms with Crippen LogP contribution in [0.25, 0.3) is 11.2 Å². The van der Waals surface area contributed by atoms with Crippen LogP contribution in [0.15, 0.2) is 43.0 Å². The van der Waals surface area contributed by atoms with Crippen molar-refractivity contribution in [3.8, 4) is 0 Å². The lowest BCUT2D eigenvalue weighted by Gasteiger charge is -2.40. The quantitative estimate of drug-likeness (QED) is 0.282. The normalized spacial score (nSPS) is 23.3. The predicted molar refractivity (Wildman–Crippen MR) is 139 cm³/mol. The predicted octanol–water partition coefficient (Wildman–Crippen LogP) is 3.13. The molecule has 1 fully saturated rings. The second kappa shape index (κ2) is 10.7. The first kappa shape index (κ1) is 27.5. The number of rotatable bonds is 8. The van der Waals surface area contributed by atoms with Crippen LogP contribution in [-0.2, 0) is 18.3 Å². The van der Waals surface area contributed by atoms with Crippen LogP contribution in [0.2, 0.25) is 18.1 Å². The highest BCUT2D eigenvalue weighted by Crippen LogP contribution is 2.44. The molecule has 5 atom stereocenters. The van der Waals surface area contributed by atoms with E-state index in [4.69, 9.17) is 13.7 Å². The van der Waals surface area contributed by atoms with Crippen LogP contribution in [0.3, 0.4) is 0 Å². The molecule has 0 radical (unpaired) electrons. The summed E-state index contributed by atoms with van der Waals surface area (Å²) in [5.41, 5.74) is 1.05. The molecule has 0 bridgehead atoms. The van der Waals surface area contributed by atoms with Crippen molar-refractivity contribution in [3.63, 3.8) is 0 Å². The topological polar surface area (TPSA) is 158 Å². The van der Waals surface area contributed by atoms with E-state index < -0.39 is 41.1 Å². The first-order chi connectivity index (χ1) is 17.4. The first-order valence-corrected chi connectivity index (χ1v) is 16.0. The zero-order chi connectivity index (χ0) is 27.0. The summed E-state index contributed by atoms with van der Waals surface area (Å²) < 4.78 is 31.5. The average Bonchev–Trinajstić information content (AvgIpc) is 3.40. The Bertz CT molecular complexity index is 1280. The van der Waals surface area contributed by atoms with Gasteiger partial charge >= 0.3 is 8.25 Å². The molecule has 3 N–H and O–H groups in total. The molecule has 14 heteroatoms. The van der Waals surface area contributed by atoms with Gasteiger partial charge in [-0.1, -0.05) is 39.0 Å². The molecule has 4 rings (SSSR count). The van der Waals surface area contributed by atoms with Gasteiger partial charge in [0.1, 0.15) is 24.6 Å². The van der Waals surface area contributed by atoms with Crippen LogP contribution in [0.4, 0.5) is 5.82 Å². The van der Waals surface area contributed by atoms with E-state index in [1.165, 1.54) is 17.2 Å². The van der Waals surface area contributed by atoms with Crippen LogP contribution in [0, 0.1) is 0 Å². The molecule has 200 valence electrons. The molecule has 1 amide bonds. The maximum Gasteiger partial charge on any atom is 0.317 e. The van der Waals surface area contributed by atoms with Gasteiger partial charge in [0.25, 0.3) is 5.91 Å². The number of hydrogen-bond donors (Lipinski definition) is 3. The maximum atomic E-state index is 12.7. The number of aliphatic hydroxyl groups excluding tert-OH is 1. The van der Waals surface area contributed by atoms with Gasteiger partial charge in [0.15, 0.2) is 31.5 Å². The Morgan fingerprint density at radius 3 is 2.51 bits per heavy atom. The van der Waals surface area contributed by atoms with E-state index in [1.54, 1.807) is 24.3 Å². The largest absolute Gasteiger partial charge is 0.408 e. The number of aliphatic hydroxyl groups is 1. The van der Waals surface area contributed by atoms with E-state index in [1.807, 2.05) is 19.2 Å². The Morgan fingerprint density at radius 1 is 1.19 bits per heavy atom. The van der Waals surface area contributed by atoms with E-state index in [-0.39, 0.29) is 23.4 Å². The van der Waals surface area contributed by atoms with E-state index in [2.05, 4.69) is 41.0 Å². The van der Waals surface area contributed by atoms with Crippen LogP contribution < -0.4 is 5.32 Å². The number of carbonyl (C=O) groups is 1. The van der Waals surface area contributed by atoms with Crippen molar-refractivity contribution in [2.45, 2.75) is 63.4 Å². The third-order valence-corrected chi connectivity index (χ3v) is 11.8. The third-order valence-electron chi connectivity index (χ3n) is 6.84. The van der Waals surface area contributed by atoms with Gasteiger partial charge in [0, 0.05) is 5.56 Å². The second-order valence-corrected chi connectivity index (χ2v) is 15.8. The summed E-state index contributed by atoms with van der Waals surface area (Å²) in [4.78, 5) is 35.2. The lowest BCUT2D eigenvalue weighted by molar-refractivity contribution is -0.0480. The summed E-state index contributed by atoms with van der Waals surface area (Å²) in [6.45, 7) is 9.89. The zero-order valence-corrected chi connectivity index (χ0v) is 23.3. The van der Waals surface area contributed by atoms with E-state index in [0.29, 0.717) is 16.7 Å². The van der Waals surface area contributed by atoms with Gasteiger partial charge in [-0.3, -0.25) is 18.5 Å². The smallest absolute Gasteiger partial charge is 0.317 e. The van der Waals surface area contributed by atoms with Gasteiger partial charge in [-0.15, -0.1) is 0 Å². The average molecular weight is 550 g/mol. The van der Waals surface area contributed by atoms with Crippen molar-refractivity contribution in [3.05, 3.63) is 48.5 Å². The molecule has 3 unspecified atom stereocenters. The van der Waals surface area contributed by atoms with Crippen LogP contribution in [-0.4, -0.2) is 68.7 Å². The van der Waals surface area contributed by atoms with E-state index >= 15 is 0 Å². The first-order valence-electron chi connectivity index (χ1n) is 11.8. The van der Waals surface area contributed by atoms with E-state index in [9.17, 15) is 19.4 Å². The van der Waals surface area contributed by atoms with Crippen molar-refractivity contribution in [1.82, 2.24) is 19.5 Å². The summed E-state index contributed by atoms with van der Waals surface area (Å²) in [7, 11) is -5.79. The Labute approximate surface area is 216 Å². The molecule has 1 saturated heterocycles. The Kier molecular flexibility index (Phi) is 7.95. The number of aromatic nitrogens is 4. The lowest BCUT2D eigenvalue weighted by Crippen LogP contribution is -2.50. The molecular formula is C23H32N5O7PSi. The fraction of sp³-hybridized carbons (Fsp3) is 0.478. The number of carbonyl (C=O) groups excluding carboxylic acids is 1. The summed E-state index contributed by atoms with van der Waals surface area (Å²) in [5, 5.41) is 12.7. The molecule has 0 spiro atoms. The minimum atomic E-state index is -3.40. The number of nitrogens with zero attached hydrogens (tertiary/aromatic N) is 4.